The molecule has 1 amide bonds. The highest BCUT2D eigenvalue weighted by Gasteiger charge is 2.20. The summed E-state index contributed by atoms with van der Waals surface area (Å²) in [6.45, 7) is 4.72. The molecule has 0 fully saturated rings. The van der Waals surface area contributed by atoms with Crippen LogP contribution in [-0.2, 0) is 0 Å². The quantitative estimate of drug-likeness (QED) is 0.751. The molecule has 7 nitrogen and oxygen atoms in total. The van der Waals surface area contributed by atoms with Gasteiger partial charge in [-0.25, -0.2) is 4.63 Å². The second-order valence-electron chi connectivity index (χ2n) is 4.48. The normalized spacial score (nSPS) is 13.1. The molecule has 1 aromatic rings. The topological polar surface area (TPSA) is 97.3 Å². The molecule has 0 spiro atoms. The van der Waals surface area contributed by atoms with Gasteiger partial charge in [0.25, 0.3) is 5.91 Å². The molecule has 0 aliphatic rings. The van der Waals surface area contributed by atoms with Gasteiger partial charge in [-0.15, -0.1) is 0 Å². The lowest BCUT2D eigenvalue weighted by Crippen LogP contribution is -2.43. The standard InChI is InChI=1S/C10H19N5O2/c1-6(2)7(15(3)4)5-12-10(16)8-9(11)14-17-13-8/h6-7H,5H2,1-4H3,(H2,11,14)(H,12,16). The van der Waals surface area contributed by atoms with Gasteiger partial charge in [0.15, 0.2) is 0 Å². The van der Waals surface area contributed by atoms with Gasteiger partial charge in [-0.05, 0) is 30.3 Å². The lowest BCUT2D eigenvalue weighted by Gasteiger charge is -2.27. The van der Waals surface area contributed by atoms with E-state index in [0.29, 0.717) is 12.5 Å². The number of nitrogens with two attached hydrogens (primary N) is 1. The number of amides is 1. The smallest absolute Gasteiger partial charge is 0.277 e. The van der Waals surface area contributed by atoms with E-state index in [1.165, 1.54) is 0 Å². The van der Waals surface area contributed by atoms with Crippen LogP contribution in [0.1, 0.15) is 24.3 Å². The van der Waals surface area contributed by atoms with Gasteiger partial charge in [-0.2, -0.15) is 0 Å². The molecule has 0 saturated heterocycles. The third kappa shape index (κ3) is 3.42. The van der Waals surface area contributed by atoms with Gasteiger partial charge in [0.2, 0.25) is 11.5 Å². The molecule has 17 heavy (non-hydrogen) atoms. The molecule has 0 radical (unpaired) electrons. The van der Waals surface area contributed by atoms with Crippen LogP contribution in [0.3, 0.4) is 0 Å². The van der Waals surface area contributed by atoms with Crippen LogP contribution in [-0.4, -0.2) is 47.8 Å². The van der Waals surface area contributed by atoms with E-state index in [1.54, 1.807) is 0 Å². The number of likely N-dealkylation sites (N-methyl/N-ethyl adjacent to an activating group) is 1. The fourth-order valence-electron chi connectivity index (χ4n) is 1.65. The molecule has 1 aromatic heterocycles. The lowest BCUT2D eigenvalue weighted by molar-refractivity contribution is 0.0925. The molecule has 0 aliphatic carbocycles. The Morgan fingerprint density at radius 1 is 1.47 bits per heavy atom. The predicted octanol–water partition coefficient (Wildman–Crippen LogP) is -0.0322. The first-order chi connectivity index (χ1) is 7.93. The van der Waals surface area contributed by atoms with Crippen molar-refractivity contribution in [3.8, 4) is 0 Å². The summed E-state index contributed by atoms with van der Waals surface area (Å²) in [5.41, 5.74) is 5.46. The summed E-state index contributed by atoms with van der Waals surface area (Å²) in [7, 11) is 3.95. The maximum absolute atomic E-state index is 11.7. The summed E-state index contributed by atoms with van der Waals surface area (Å²) in [6, 6.07) is 0.250. The number of hydrogen-bond acceptors (Lipinski definition) is 6. The largest absolute Gasteiger partial charge is 0.379 e. The molecule has 1 rings (SSSR count). The van der Waals surface area contributed by atoms with Gasteiger partial charge >= 0.3 is 0 Å². The summed E-state index contributed by atoms with van der Waals surface area (Å²) >= 11 is 0. The fraction of sp³-hybridized carbons (Fsp3) is 0.700. The summed E-state index contributed by atoms with van der Waals surface area (Å²) < 4.78 is 4.37. The van der Waals surface area contributed by atoms with Crippen molar-refractivity contribution in [1.82, 2.24) is 20.5 Å². The van der Waals surface area contributed by atoms with Crippen LogP contribution in [0.5, 0.6) is 0 Å². The zero-order valence-corrected chi connectivity index (χ0v) is 10.6. The molecule has 0 bridgehead atoms. The maximum atomic E-state index is 11.7. The Kier molecular flexibility index (Phi) is 4.45. The monoisotopic (exact) mass is 241 g/mol. The van der Waals surface area contributed by atoms with Crippen molar-refractivity contribution in [2.75, 3.05) is 26.4 Å². The Morgan fingerprint density at radius 2 is 2.12 bits per heavy atom. The van der Waals surface area contributed by atoms with Crippen LogP contribution in [0.4, 0.5) is 5.82 Å². The number of rotatable bonds is 5. The van der Waals surface area contributed by atoms with Gasteiger partial charge in [-0.1, -0.05) is 13.8 Å². The first kappa shape index (κ1) is 13.4. The molecule has 1 heterocycles. The van der Waals surface area contributed by atoms with Gasteiger partial charge in [-0.3, -0.25) is 4.79 Å². The lowest BCUT2D eigenvalue weighted by atomic mass is 10.0. The molecule has 3 N–H and O–H groups in total. The third-order valence-corrected chi connectivity index (χ3v) is 2.63. The van der Waals surface area contributed by atoms with Crippen molar-refractivity contribution in [2.24, 2.45) is 5.92 Å². The van der Waals surface area contributed by atoms with Crippen LogP contribution in [0.25, 0.3) is 0 Å². The maximum Gasteiger partial charge on any atom is 0.277 e. The first-order valence-electron chi connectivity index (χ1n) is 5.46. The average Bonchev–Trinajstić information content (AvgIpc) is 2.63. The average molecular weight is 241 g/mol. The molecule has 96 valence electrons. The molecule has 0 saturated carbocycles. The number of hydrogen-bond donors (Lipinski definition) is 2. The van der Waals surface area contributed by atoms with Crippen molar-refractivity contribution in [3.05, 3.63) is 5.69 Å². The summed E-state index contributed by atoms with van der Waals surface area (Å²) in [4.78, 5) is 13.8. The van der Waals surface area contributed by atoms with E-state index < -0.39 is 0 Å². The van der Waals surface area contributed by atoms with E-state index in [-0.39, 0.29) is 23.5 Å². The SMILES string of the molecule is CC(C)C(CNC(=O)c1nonc1N)N(C)C. The van der Waals surface area contributed by atoms with Crippen molar-refractivity contribution in [3.63, 3.8) is 0 Å². The van der Waals surface area contributed by atoms with Gasteiger partial charge in [0, 0.05) is 12.6 Å². The highest BCUT2D eigenvalue weighted by molar-refractivity contribution is 5.95. The molecule has 0 aliphatic heterocycles. The fourth-order valence-corrected chi connectivity index (χ4v) is 1.65. The zero-order valence-electron chi connectivity index (χ0n) is 10.6. The highest BCUT2D eigenvalue weighted by atomic mass is 16.6. The molecular weight excluding hydrogens is 222 g/mol. The Morgan fingerprint density at radius 3 is 2.53 bits per heavy atom. The minimum absolute atomic E-state index is 0.00782. The van der Waals surface area contributed by atoms with Crippen LogP contribution < -0.4 is 11.1 Å². The van der Waals surface area contributed by atoms with Crippen molar-refractivity contribution in [2.45, 2.75) is 19.9 Å². The molecular formula is C10H19N5O2. The second-order valence-corrected chi connectivity index (χ2v) is 4.48. The molecule has 0 aromatic carbocycles. The highest BCUT2D eigenvalue weighted by Crippen LogP contribution is 2.07. The summed E-state index contributed by atoms with van der Waals surface area (Å²) in [6.07, 6.45) is 0. The number of nitrogens with one attached hydrogen (secondary N) is 1. The van der Waals surface area contributed by atoms with Gasteiger partial charge in [0.1, 0.15) is 0 Å². The zero-order chi connectivity index (χ0) is 13.0. The number of aromatic nitrogens is 2. The minimum atomic E-state index is -0.365. The Bertz CT molecular complexity index is 367. The number of nitrogen functional groups attached to an aromatic ring is 1. The second kappa shape index (κ2) is 5.62. The van der Waals surface area contributed by atoms with E-state index in [1.807, 2.05) is 14.1 Å². The van der Waals surface area contributed by atoms with E-state index in [2.05, 4.69) is 39.0 Å². The molecule has 1 atom stereocenters. The summed E-state index contributed by atoms with van der Waals surface area (Å²) in [5.74, 6) is 0.0720. The number of carbonyl (C=O) groups excluding carboxylic acids is 1. The summed E-state index contributed by atoms with van der Waals surface area (Å²) in [5, 5.41) is 9.57. The first-order valence-corrected chi connectivity index (χ1v) is 5.46. The van der Waals surface area contributed by atoms with Gasteiger partial charge in [0.05, 0.1) is 0 Å². The van der Waals surface area contributed by atoms with Crippen LogP contribution in [0, 0.1) is 5.92 Å². The number of anilines is 1. The third-order valence-electron chi connectivity index (χ3n) is 2.63. The van der Waals surface area contributed by atoms with Crippen molar-refractivity contribution >= 4 is 11.7 Å². The molecule has 1 unspecified atom stereocenters. The van der Waals surface area contributed by atoms with Crippen LogP contribution in [0.15, 0.2) is 4.63 Å². The van der Waals surface area contributed by atoms with E-state index >= 15 is 0 Å². The van der Waals surface area contributed by atoms with E-state index in [9.17, 15) is 4.79 Å². The van der Waals surface area contributed by atoms with Crippen molar-refractivity contribution < 1.29 is 9.42 Å². The van der Waals surface area contributed by atoms with E-state index in [4.69, 9.17) is 5.73 Å². The predicted molar refractivity (Wildman–Crippen MR) is 63.4 cm³/mol. The minimum Gasteiger partial charge on any atom is -0.379 e. The van der Waals surface area contributed by atoms with Crippen LogP contribution in [0.2, 0.25) is 0 Å². The molecule has 7 heteroatoms. The van der Waals surface area contributed by atoms with Crippen LogP contribution >= 0.6 is 0 Å². The van der Waals surface area contributed by atoms with E-state index in [0.717, 1.165) is 0 Å². The Balaban J connectivity index is 2.56. The van der Waals surface area contributed by atoms with Gasteiger partial charge < -0.3 is 16.0 Å². The van der Waals surface area contributed by atoms with Crippen molar-refractivity contribution in [1.29, 1.82) is 0 Å². The Labute approximate surface area is 100 Å². The number of carbonyl (C=O) groups is 1. The number of nitrogens with zero attached hydrogens (tertiary/aromatic N) is 3. The Hall–Kier alpha value is -1.63.